The van der Waals surface area contributed by atoms with Crippen LogP contribution in [0.3, 0.4) is 0 Å². The maximum atomic E-state index is 11.9. The molecule has 1 amide bonds. The second-order valence-corrected chi connectivity index (χ2v) is 7.92. The molecule has 0 bridgehead atoms. The van der Waals surface area contributed by atoms with Crippen LogP contribution in [0, 0.1) is 0 Å². The molecule has 0 radical (unpaired) electrons. The minimum absolute atomic E-state index is 0. The van der Waals surface area contributed by atoms with Gasteiger partial charge in [0.2, 0.25) is 0 Å². The number of amides is 1. The molecule has 8 heteroatoms. The molecule has 164 valence electrons. The second kappa shape index (κ2) is 12.4. The molecular formula is C21H36IN5O2. The Hall–Kier alpha value is -1.29. The van der Waals surface area contributed by atoms with Crippen molar-refractivity contribution in [3.8, 4) is 0 Å². The molecule has 1 saturated heterocycles. The van der Waals surface area contributed by atoms with Gasteiger partial charge in [0.1, 0.15) is 0 Å². The van der Waals surface area contributed by atoms with E-state index in [4.69, 9.17) is 4.42 Å². The number of likely N-dealkylation sites (tertiary alicyclic amines) is 1. The molecule has 2 fully saturated rings. The van der Waals surface area contributed by atoms with Crippen LogP contribution in [0.25, 0.3) is 0 Å². The van der Waals surface area contributed by atoms with Gasteiger partial charge in [-0.05, 0) is 50.9 Å². The topological polar surface area (TPSA) is 81.9 Å². The second-order valence-electron chi connectivity index (χ2n) is 7.92. The maximum absolute atomic E-state index is 11.9. The van der Waals surface area contributed by atoms with Crippen molar-refractivity contribution in [1.82, 2.24) is 20.9 Å². The monoisotopic (exact) mass is 517 g/mol. The minimum Gasteiger partial charge on any atom is -0.459 e. The van der Waals surface area contributed by atoms with Crippen molar-refractivity contribution in [2.45, 2.75) is 56.9 Å². The highest BCUT2D eigenvalue weighted by Gasteiger charge is 2.38. The lowest BCUT2D eigenvalue weighted by molar-refractivity contribution is 0.0368. The average Bonchev–Trinajstić information content (AvgIpc) is 3.29. The number of aliphatic imine (C=N–C) groups is 1. The predicted octanol–water partition coefficient (Wildman–Crippen LogP) is 2.98. The first kappa shape index (κ1) is 24.0. The molecule has 29 heavy (non-hydrogen) atoms. The third-order valence-corrected chi connectivity index (χ3v) is 6.07. The van der Waals surface area contributed by atoms with Crippen LogP contribution in [0.4, 0.5) is 0 Å². The smallest absolute Gasteiger partial charge is 0.287 e. The standard InChI is InChI=1S/C21H35N5O2.HI/c1-22-20(24-13-12-23-19(27)18-9-8-16-28-18)25-17-21(10-4-2-5-11-21)26-14-6-3-7-15-26;/h8-9,16H,2-7,10-15,17H2,1H3,(H,23,27)(H2,22,24,25);1H. The van der Waals surface area contributed by atoms with E-state index in [0.29, 0.717) is 18.8 Å². The first-order valence-corrected chi connectivity index (χ1v) is 10.7. The van der Waals surface area contributed by atoms with Crippen molar-refractivity contribution in [2.24, 2.45) is 4.99 Å². The van der Waals surface area contributed by atoms with Crippen molar-refractivity contribution < 1.29 is 9.21 Å². The molecule has 0 unspecified atom stereocenters. The summed E-state index contributed by atoms with van der Waals surface area (Å²) in [5.74, 6) is 0.943. The van der Waals surface area contributed by atoms with Gasteiger partial charge in [-0.15, -0.1) is 24.0 Å². The molecule has 0 atom stereocenters. The Balaban J connectivity index is 0.00000300. The number of carbonyl (C=O) groups is 1. The van der Waals surface area contributed by atoms with Crippen LogP contribution in [0.15, 0.2) is 27.8 Å². The van der Waals surface area contributed by atoms with Crippen LogP contribution >= 0.6 is 24.0 Å². The third-order valence-electron chi connectivity index (χ3n) is 6.07. The van der Waals surface area contributed by atoms with Crippen LogP contribution in [-0.2, 0) is 0 Å². The van der Waals surface area contributed by atoms with Gasteiger partial charge in [0.25, 0.3) is 5.91 Å². The highest BCUT2D eigenvalue weighted by atomic mass is 127. The first-order valence-electron chi connectivity index (χ1n) is 10.7. The van der Waals surface area contributed by atoms with Gasteiger partial charge < -0.3 is 20.4 Å². The number of nitrogens with one attached hydrogen (secondary N) is 3. The summed E-state index contributed by atoms with van der Waals surface area (Å²) in [5, 5.41) is 9.71. The van der Waals surface area contributed by atoms with Crippen molar-refractivity contribution >= 4 is 35.8 Å². The van der Waals surface area contributed by atoms with E-state index in [1.165, 1.54) is 70.7 Å². The van der Waals surface area contributed by atoms with Crippen molar-refractivity contribution in [3.05, 3.63) is 24.2 Å². The van der Waals surface area contributed by atoms with Crippen molar-refractivity contribution in [1.29, 1.82) is 0 Å². The highest BCUT2D eigenvalue weighted by Crippen LogP contribution is 2.35. The first-order chi connectivity index (χ1) is 13.7. The van der Waals surface area contributed by atoms with E-state index >= 15 is 0 Å². The van der Waals surface area contributed by atoms with Gasteiger partial charge in [-0.1, -0.05) is 25.7 Å². The largest absolute Gasteiger partial charge is 0.459 e. The fourth-order valence-corrected chi connectivity index (χ4v) is 4.50. The number of guanidine groups is 1. The number of hydrogen-bond acceptors (Lipinski definition) is 4. The van der Waals surface area contributed by atoms with E-state index in [-0.39, 0.29) is 35.4 Å². The van der Waals surface area contributed by atoms with Crippen LogP contribution in [0.5, 0.6) is 0 Å². The molecule has 1 aliphatic carbocycles. The number of carbonyl (C=O) groups excluding carboxylic acids is 1. The molecule has 2 heterocycles. The lowest BCUT2D eigenvalue weighted by atomic mass is 9.79. The Kier molecular flexibility index (Phi) is 10.3. The Labute approximate surface area is 191 Å². The normalized spacial score (nSPS) is 19.8. The quantitative estimate of drug-likeness (QED) is 0.224. The summed E-state index contributed by atoms with van der Waals surface area (Å²) in [6, 6.07) is 3.37. The average molecular weight is 517 g/mol. The number of rotatable bonds is 7. The Bertz CT molecular complexity index is 623. The molecule has 1 aromatic heterocycles. The number of piperidine rings is 1. The maximum Gasteiger partial charge on any atom is 0.287 e. The molecule has 2 aliphatic rings. The van der Waals surface area contributed by atoms with Gasteiger partial charge in [-0.2, -0.15) is 0 Å². The third kappa shape index (κ3) is 6.87. The van der Waals surface area contributed by atoms with Gasteiger partial charge in [0, 0.05) is 32.2 Å². The minimum atomic E-state index is -0.194. The van der Waals surface area contributed by atoms with Crippen LogP contribution in [0.2, 0.25) is 0 Å². The summed E-state index contributed by atoms with van der Waals surface area (Å²) < 4.78 is 5.10. The lowest BCUT2D eigenvalue weighted by Crippen LogP contribution is -2.59. The summed E-state index contributed by atoms with van der Waals surface area (Å²) in [6.45, 7) is 4.52. The zero-order chi connectivity index (χ0) is 19.7. The van der Waals surface area contributed by atoms with Crippen molar-refractivity contribution in [2.75, 3.05) is 39.8 Å². The fourth-order valence-electron chi connectivity index (χ4n) is 4.50. The fraction of sp³-hybridized carbons (Fsp3) is 0.714. The molecule has 3 rings (SSSR count). The predicted molar refractivity (Wildman–Crippen MR) is 127 cm³/mol. The molecule has 0 aromatic carbocycles. The van der Waals surface area contributed by atoms with Gasteiger partial charge in [-0.3, -0.25) is 14.7 Å². The molecule has 1 aliphatic heterocycles. The molecule has 0 spiro atoms. The van der Waals surface area contributed by atoms with E-state index in [0.717, 1.165) is 12.5 Å². The summed E-state index contributed by atoms with van der Waals surface area (Å²) in [5.41, 5.74) is 0.268. The summed E-state index contributed by atoms with van der Waals surface area (Å²) in [7, 11) is 1.80. The van der Waals surface area contributed by atoms with E-state index in [1.807, 2.05) is 0 Å². The van der Waals surface area contributed by atoms with Crippen LogP contribution in [0.1, 0.15) is 61.9 Å². The molecule has 1 aromatic rings. The van der Waals surface area contributed by atoms with E-state index in [9.17, 15) is 4.79 Å². The number of nitrogens with zero attached hydrogens (tertiary/aromatic N) is 2. The van der Waals surface area contributed by atoms with Gasteiger partial charge in [0.15, 0.2) is 11.7 Å². The van der Waals surface area contributed by atoms with E-state index in [1.54, 1.807) is 19.2 Å². The SMILES string of the molecule is CN=C(NCCNC(=O)c1ccco1)NCC1(N2CCCCC2)CCCCC1.I. The van der Waals surface area contributed by atoms with Gasteiger partial charge >= 0.3 is 0 Å². The zero-order valence-corrected chi connectivity index (χ0v) is 19.9. The zero-order valence-electron chi connectivity index (χ0n) is 17.5. The number of halogens is 1. The molecule has 7 nitrogen and oxygen atoms in total. The van der Waals surface area contributed by atoms with E-state index in [2.05, 4.69) is 25.8 Å². The van der Waals surface area contributed by atoms with Crippen molar-refractivity contribution in [3.63, 3.8) is 0 Å². The molecular weight excluding hydrogens is 481 g/mol. The van der Waals surface area contributed by atoms with Gasteiger partial charge in [0.05, 0.1) is 6.26 Å². The Morgan fingerprint density at radius 3 is 2.41 bits per heavy atom. The summed E-state index contributed by atoms with van der Waals surface area (Å²) in [6.07, 6.45) is 12.1. The summed E-state index contributed by atoms with van der Waals surface area (Å²) in [4.78, 5) is 19.0. The Morgan fingerprint density at radius 1 is 1.07 bits per heavy atom. The molecule has 1 saturated carbocycles. The number of hydrogen-bond donors (Lipinski definition) is 3. The Morgan fingerprint density at radius 2 is 1.76 bits per heavy atom. The highest BCUT2D eigenvalue weighted by molar-refractivity contribution is 14.0. The van der Waals surface area contributed by atoms with Crippen LogP contribution < -0.4 is 16.0 Å². The van der Waals surface area contributed by atoms with Gasteiger partial charge in [-0.25, -0.2) is 0 Å². The van der Waals surface area contributed by atoms with E-state index < -0.39 is 0 Å². The van der Waals surface area contributed by atoms with Crippen LogP contribution in [-0.4, -0.2) is 62.1 Å². The number of furan rings is 1. The summed E-state index contributed by atoms with van der Waals surface area (Å²) >= 11 is 0. The lowest BCUT2D eigenvalue weighted by Gasteiger charge is -2.48. The molecule has 3 N–H and O–H groups in total.